The molecule has 30 heavy (non-hydrogen) atoms. The summed E-state index contributed by atoms with van der Waals surface area (Å²) in [5.41, 5.74) is 0.929. The van der Waals surface area contributed by atoms with Crippen molar-refractivity contribution in [2.75, 3.05) is 11.9 Å². The zero-order valence-corrected chi connectivity index (χ0v) is 18.5. The Bertz CT molecular complexity index is 1100. The fraction of sp³-hybridized carbons (Fsp3) is 0.211. The van der Waals surface area contributed by atoms with Crippen LogP contribution in [0.15, 0.2) is 66.1 Å². The van der Waals surface area contributed by atoms with Crippen molar-refractivity contribution in [2.24, 2.45) is 0 Å². The van der Waals surface area contributed by atoms with E-state index in [1.54, 1.807) is 12.1 Å². The fourth-order valence-corrected chi connectivity index (χ4v) is 4.79. The first-order valence-electron chi connectivity index (χ1n) is 8.78. The summed E-state index contributed by atoms with van der Waals surface area (Å²) in [6, 6.07) is 10.7. The molecule has 0 fully saturated rings. The second-order valence-corrected chi connectivity index (χ2v) is 10.3. The molecule has 0 saturated heterocycles. The molecule has 0 aromatic heterocycles. The van der Waals surface area contributed by atoms with Crippen molar-refractivity contribution < 1.29 is 21.6 Å². The van der Waals surface area contributed by atoms with Crippen molar-refractivity contribution in [3.8, 4) is 0 Å². The molecule has 0 aliphatic heterocycles. The third kappa shape index (κ3) is 7.22. The SMILES string of the molecule is C=CCNS(=O)(=O)Cc1ccc(NC(=O)[C@H](C)NS(=O)(=O)c2ccc(Cl)cc2)cc1. The Morgan fingerprint density at radius 2 is 1.67 bits per heavy atom. The molecular weight excluding hydrogens is 450 g/mol. The Kier molecular flexibility index (Phi) is 8.16. The van der Waals surface area contributed by atoms with Crippen LogP contribution in [0.25, 0.3) is 0 Å². The Morgan fingerprint density at radius 1 is 1.07 bits per heavy atom. The van der Waals surface area contributed by atoms with Crippen LogP contribution >= 0.6 is 11.6 Å². The van der Waals surface area contributed by atoms with Gasteiger partial charge in [0.1, 0.15) is 0 Å². The van der Waals surface area contributed by atoms with Gasteiger partial charge in [0.05, 0.1) is 16.7 Å². The smallest absolute Gasteiger partial charge is 0.242 e. The van der Waals surface area contributed by atoms with E-state index in [1.165, 1.54) is 49.4 Å². The Morgan fingerprint density at radius 3 is 2.23 bits per heavy atom. The van der Waals surface area contributed by atoms with Crippen molar-refractivity contribution in [1.82, 2.24) is 9.44 Å². The summed E-state index contributed by atoms with van der Waals surface area (Å²) >= 11 is 5.76. The maximum atomic E-state index is 12.4. The highest BCUT2D eigenvalue weighted by Gasteiger charge is 2.22. The van der Waals surface area contributed by atoms with E-state index >= 15 is 0 Å². The Labute approximate surface area is 181 Å². The zero-order chi connectivity index (χ0) is 22.4. The number of hydrogen-bond acceptors (Lipinski definition) is 5. The highest BCUT2D eigenvalue weighted by molar-refractivity contribution is 7.89. The van der Waals surface area contributed by atoms with Crippen LogP contribution in [0.4, 0.5) is 5.69 Å². The number of carbonyl (C=O) groups is 1. The van der Waals surface area contributed by atoms with Crippen molar-refractivity contribution in [3.05, 3.63) is 71.8 Å². The molecule has 2 rings (SSSR count). The van der Waals surface area contributed by atoms with Gasteiger partial charge in [-0.05, 0) is 48.9 Å². The molecule has 8 nitrogen and oxygen atoms in total. The first-order valence-corrected chi connectivity index (χ1v) is 12.3. The van der Waals surface area contributed by atoms with Crippen LogP contribution in [-0.2, 0) is 30.6 Å². The van der Waals surface area contributed by atoms with Crippen molar-refractivity contribution in [3.63, 3.8) is 0 Å². The maximum absolute atomic E-state index is 12.4. The quantitative estimate of drug-likeness (QED) is 0.459. The Balaban J connectivity index is 1.98. The summed E-state index contributed by atoms with van der Waals surface area (Å²) in [5, 5.41) is 2.98. The number of carbonyl (C=O) groups excluding carboxylic acids is 1. The molecule has 0 heterocycles. The minimum absolute atomic E-state index is 0.0119. The van der Waals surface area contributed by atoms with Crippen LogP contribution in [0, 0.1) is 0 Å². The summed E-state index contributed by atoms with van der Waals surface area (Å²) in [7, 11) is -7.39. The summed E-state index contributed by atoms with van der Waals surface area (Å²) < 4.78 is 53.1. The molecule has 0 spiro atoms. The van der Waals surface area contributed by atoms with Gasteiger partial charge >= 0.3 is 0 Å². The van der Waals surface area contributed by atoms with E-state index in [4.69, 9.17) is 11.6 Å². The Hall–Kier alpha value is -2.24. The minimum atomic E-state index is -3.90. The van der Waals surface area contributed by atoms with E-state index in [1.807, 2.05) is 0 Å². The predicted molar refractivity (Wildman–Crippen MR) is 117 cm³/mol. The monoisotopic (exact) mass is 471 g/mol. The minimum Gasteiger partial charge on any atom is -0.325 e. The van der Waals surface area contributed by atoms with Crippen molar-refractivity contribution in [2.45, 2.75) is 23.6 Å². The van der Waals surface area contributed by atoms with Gasteiger partial charge in [0.2, 0.25) is 26.0 Å². The number of rotatable bonds is 10. The van der Waals surface area contributed by atoms with Gasteiger partial charge in [-0.15, -0.1) is 6.58 Å². The van der Waals surface area contributed by atoms with Gasteiger partial charge in [-0.3, -0.25) is 4.79 Å². The second kappa shape index (κ2) is 10.2. The van der Waals surface area contributed by atoms with Gasteiger partial charge in [0, 0.05) is 17.3 Å². The second-order valence-electron chi connectivity index (χ2n) is 6.38. The van der Waals surface area contributed by atoms with Crippen LogP contribution in [0.3, 0.4) is 0 Å². The van der Waals surface area contributed by atoms with Crippen LogP contribution in [0.2, 0.25) is 5.02 Å². The molecule has 0 unspecified atom stereocenters. The van der Waals surface area contributed by atoms with Crippen LogP contribution in [-0.4, -0.2) is 35.3 Å². The average molecular weight is 472 g/mol. The molecule has 2 aromatic carbocycles. The summed E-state index contributed by atoms with van der Waals surface area (Å²) in [4.78, 5) is 12.3. The van der Waals surface area contributed by atoms with Crippen LogP contribution in [0.5, 0.6) is 0 Å². The van der Waals surface area contributed by atoms with E-state index < -0.39 is 32.0 Å². The first-order chi connectivity index (χ1) is 14.0. The highest BCUT2D eigenvalue weighted by Crippen LogP contribution is 2.15. The molecule has 2 aromatic rings. The molecule has 0 aliphatic carbocycles. The summed E-state index contributed by atoms with van der Waals surface area (Å²) in [6.45, 7) is 5.00. The van der Waals surface area contributed by atoms with E-state index in [0.29, 0.717) is 16.3 Å². The number of nitrogens with one attached hydrogen (secondary N) is 3. The van der Waals surface area contributed by atoms with Gasteiger partial charge in [0.25, 0.3) is 0 Å². The molecule has 0 saturated carbocycles. The first kappa shape index (κ1) is 24.0. The van der Waals surface area contributed by atoms with E-state index in [-0.39, 0.29) is 17.2 Å². The molecule has 0 radical (unpaired) electrons. The summed E-state index contributed by atoms with van der Waals surface area (Å²) in [6.07, 6.45) is 1.44. The van der Waals surface area contributed by atoms with Crippen molar-refractivity contribution >= 4 is 43.2 Å². The van der Waals surface area contributed by atoms with Crippen LogP contribution < -0.4 is 14.8 Å². The van der Waals surface area contributed by atoms with E-state index in [0.717, 1.165) is 0 Å². The number of anilines is 1. The molecule has 162 valence electrons. The summed E-state index contributed by atoms with van der Waals surface area (Å²) in [5.74, 6) is -0.785. The predicted octanol–water partition coefficient (Wildman–Crippen LogP) is 2.25. The lowest BCUT2D eigenvalue weighted by Crippen LogP contribution is -2.41. The molecule has 11 heteroatoms. The molecule has 0 aliphatic rings. The number of halogens is 1. The molecule has 1 atom stereocenters. The molecular formula is C19H22ClN3O5S2. The van der Waals surface area contributed by atoms with Gasteiger partial charge in [-0.2, -0.15) is 4.72 Å². The molecule has 0 bridgehead atoms. The van der Waals surface area contributed by atoms with Gasteiger partial charge < -0.3 is 5.32 Å². The maximum Gasteiger partial charge on any atom is 0.242 e. The lowest BCUT2D eigenvalue weighted by molar-refractivity contribution is -0.117. The third-order valence-electron chi connectivity index (χ3n) is 3.87. The highest BCUT2D eigenvalue weighted by atomic mass is 35.5. The topological polar surface area (TPSA) is 121 Å². The number of sulfonamides is 2. The van der Waals surface area contributed by atoms with E-state index in [9.17, 15) is 21.6 Å². The van der Waals surface area contributed by atoms with Gasteiger partial charge in [0.15, 0.2) is 0 Å². The lowest BCUT2D eigenvalue weighted by atomic mass is 10.2. The number of amides is 1. The molecule has 1 amide bonds. The van der Waals surface area contributed by atoms with Crippen molar-refractivity contribution in [1.29, 1.82) is 0 Å². The largest absolute Gasteiger partial charge is 0.325 e. The normalized spacial score (nSPS) is 12.9. The van der Waals surface area contributed by atoms with Gasteiger partial charge in [-0.25, -0.2) is 21.6 Å². The van der Waals surface area contributed by atoms with E-state index in [2.05, 4.69) is 21.3 Å². The number of hydrogen-bond donors (Lipinski definition) is 3. The van der Waals surface area contributed by atoms with Gasteiger partial charge in [-0.1, -0.05) is 29.8 Å². The third-order valence-corrected chi connectivity index (χ3v) is 7.00. The van der Waals surface area contributed by atoms with Crippen LogP contribution in [0.1, 0.15) is 12.5 Å². The standard InChI is InChI=1S/C19H22ClN3O5S2/c1-3-12-21-29(25,26)13-15-4-8-17(9-5-15)22-19(24)14(2)23-30(27,28)18-10-6-16(20)7-11-18/h3-11,14,21,23H,1,12-13H2,2H3,(H,22,24)/t14-/m0/s1. The number of benzene rings is 2. The molecule has 3 N–H and O–H groups in total. The lowest BCUT2D eigenvalue weighted by Gasteiger charge is -2.15. The fourth-order valence-electron chi connectivity index (χ4n) is 2.36. The zero-order valence-electron chi connectivity index (χ0n) is 16.1. The average Bonchev–Trinajstić information content (AvgIpc) is 2.67.